The van der Waals surface area contributed by atoms with Gasteiger partial charge in [-0.05, 0) is 39.0 Å². The van der Waals surface area contributed by atoms with Crippen LogP contribution in [0.25, 0.3) is 10.9 Å². The van der Waals surface area contributed by atoms with Gasteiger partial charge in [0.1, 0.15) is 5.60 Å². The molecule has 106 valence electrons. The number of rotatable bonds is 1. The maximum Gasteiger partial charge on any atom is 0.452 e. The monoisotopic (exact) mass is 295 g/mol. The first-order chi connectivity index (χ1) is 9.26. The number of ether oxygens (including phenoxy) is 1. The van der Waals surface area contributed by atoms with Gasteiger partial charge < -0.3 is 14.8 Å². The normalized spacial score (nSPS) is 12.2. The van der Waals surface area contributed by atoms with Crippen LogP contribution < -0.4 is 0 Å². The second-order valence-corrected chi connectivity index (χ2v) is 5.63. The zero-order valence-corrected chi connectivity index (χ0v) is 12.0. The summed E-state index contributed by atoms with van der Waals surface area (Å²) in [6, 6.07) is 5.00. The number of fused-ring (bicyclic) bond motifs is 1. The molecule has 1 aromatic heterocycles. The molecule has 0 saturated heterocycles. The summed E-state index contributed by atoms with van der Waals surface area (Å²) >= 11 is 5.89. The Morgan fingerprint density at radius 2 is 2.10 bits per heavy atom. The third kappa shape index (κ3) is 3.27. The first-order valence-electron chi connectivity index (χ1n) is 5.91. The first kappa shape index (κ1) is 14.3. The van der Waals surface area contributed by atoms with Crippen LogP contribution in [0.15, 0.2) is 28.4 Å². The zero-order valence-electron chi connectivity index (χ0n) is 11.3. The highest BCUT2D eigenvalue weighted by molar-refractivity contribution is 6.31. The van der Waals surface area contributed by atoms with Gasteiger partial charge in [-0.3, -0.25) is 0 Å². The number of hydrogen-bond acceptors (Lipinski definition) is 4. The molecule has 2 aromatic rings. The number of aromatic hydroxyl groups is 1. The third-order valence-electron chi connectivity index (χ3n) is 2.34. The van der Waals surface area contributed by atoms with Crippen molar-refractivity contribution >= 4 is 34.3 Å². The maximum atomic E-state index is 11.5. The summed E-state index contributed by atoms with van der Waals surface area (Å²) in [5.41, 5.74) is 0.139. The van der Waals surface area contributed by atoms with E-state index in [0.29, 0.717) is 15.9 Å². The summed E-state index contributed by atoms with van der Waals surface area (Å²) in [7, 11) is 0. The molecule has 0 atom stereocenters. The van der Waals surface area contributed by atoms with E-state index in [1.165, 1.54) is 0 Å². The Bertz CT molecular complexity index is 686. The van der Waals surface area contributed by atoms with Crippen molar-refractivity contribution in [2.75, 3.05) is 0 Å². The lowest BCUT2D eigenvalue weighted by Crippen LogP contribution is -2.21. The standard InChI is InChI=1S/C13H14ClN3O3/c1-13(2,3)20-12(19)17-16-10-8-6-7(14)4-5-9(8)15-11(10)18/h4-6,15,18H,1-3H3. The Balaban J connectivity index is 2.31. The Kier molecular flexibility index (Phi) is 3.67. The number of aromatic nitrogens is 1. The van der Waals surface area contributed by atoms with Crippen molar-refractivity contribution in [3.05, 3.63) is 23.2 Å². The number of aromatic amines is 1. The Labute approximate surface area is 120 Å². The molecule has 0 aliphatic carbocycles. The lowest BCUT2D eigenvalue weighted by molar-refractivity contribution is 0.0592. The van der Waals surface area contributed by atoms with Crippen LogP contribution in [0.4, 0.5) is 10.5 Å². The van der Waals surface area contributed by atoms with Crippen LogP contribution in [0.3, 0.4) is 0 Å². The minimum absolute atomic E-state index is 0.147. The summed E-state index contributed by atoms with van der Waals surface area (Å²) in [6.07, 6.45) is -0.826. The second-order valence-electron chi connectivity index (χ2n) is 5.19. The van der Waals surface area contributed by atoms with E-state index in [4.69, 9.17) is 16.3 Å². The van der Waals surface area contributed by atoms with Crippen LogP contribution in [-0.4, -0.2) is 21.8 Å². The average Bonchev–Trinajstić information content (AvgIpc) is 2.59. The van der Waals surface area contributed by atoms with Gasteiger partial charge in [0, 0.05) is 10.4 Å². The zero-order chi connectivity index (χ0) is 14.9. The highest BCUT2D eigenvalue weighted by Crippen LogP contribution is 2.36. The van der Waals surface area contributed by atoms with Crippen molar-refractivity contribution in [1.82, 2.24) is 4.98 Å². The smallest absolute Gasteiger partial charge is 0.452 e. The minimum atomic E-state index is -0.826. The molecule has 0 radical (unpaired) electrons. The molecule has 0 aliphatic rings. The highest BCUT2D eigenvalue weighted by Gasteiger charge is 2.16. The van der Waals surface area contributed by atoms with Gasteiger partial charge in [-0.2, -0.15) is 0 Å². The predicted molar refractivity (Wildman–Crippen MR) is 75.7 cm³/mol. The number of hydrogen-bond donors (Lipinski definition) is 2. The van der Waals surface area contributed by atoms with Gasteiger partial charge in [-0.25, -0.2) is 4.79 Å². The molecule has 0 aliphatic heterocycles. The Morgan fingerprint density at radius 1 is 1.40 bits per heavy atom. The van der Waals surface area contributed by atoms with Crippen molar-refractivity contribution in [2.45, 2.75) is 26.4 Å². The van der Waals surface area contributed by atoms with Crippen molar-refractivity contribution < 1.29 is 14.6 Å². The molecule has 2 N–H and O–H groups in total. The number of carbonyl (C=O) groups is 1. The number of carbonyl (C=O) groups excluding carboxylic acids is 1. The van der Waals surface area contributed by atoms with E-state index in [1.807, 2.05) is 0 Å². The highest BCUT2D eigenvalue weighted by atomic mass is 35.5. The summed E-state index contributed by atoms with van der Waals surface area (Å²) in [5.74, 6) is -0.186. The molecule has 1 heterocycles. The molecule has 1 aromatic carbocycles. The van der Waals surface area contributed by atoms with Crippen molar-refractivity contribution in [3.8, 4) is 5.88 Å². The van der Waals surface area contributed by atoms with E-state index >= 15 is 0 Å². The van der Waals surface area contributed by atoms with Gasteiger partial charge in [-0.1, -0.05) is 16.7 Å². The van der Waals surface area contributed by atoms with Gasteiger partial charge >= 0.3 is 6.09 Å². The summed E-state index contributed by atoms with van der Waals surface area (Å²) in [5, 5.41) is 18.0. The van der Waals surface area contributed by atoms with Crippen LogP contribution in [0.1, 0.15) is 20.8 Å². The van der Waals surface area contributed by atoms with E-state index < -0.39 is 11.7 Å². The molecule has 1 amide bonds. The number of H-pyrrole nitrogens is 1. The summed E-state index contributed by atoms with van der Waals surface area (Å²) in [4.78, 5) is 14.2. The number of amides is 1. The lowest BCUT2D eigenvalue weighted by Gasteiger charge is -2.16. The van der Waals surface area contributed by atoms with Crippen LogP contribution in [-0.2, 0) is 4.74 Å². The average molecular weight is 296 g/mol. The molecular formula is C13H14ClN3O3. The lowest BCUT2D eigenvalue weighted by atomic mass is 10.2. The van der Waals surface area contributed by atoms with Gasteiger partial charge in [0.25, 0.3) is 0 Å². The van der Waals surface area contributed by atoms with Gasteiger partial charge in [0.05, 0.1) is 5.52 Å². The Morgan fingerprint density at radius 3 is 2.75 bits per heavy atom. The van der Waals surface area contributed by atoms with Crippen LogP contribution in [0.5, 0.6) is 5.88 Å². The van der Waals surface area contributed by atoms with Crippen molar-refractivity contribution in [1.29, 1.82) is 0 Å². The fourth-order valence-corrected chi connectivity index (χ4v) is 1.78. The molecule has 0 saturated carbocycles. The summed E-state index contributed by atoms with van der Waals surface area (Å²) in [6.45, 7) is 5.18. The largest absolute Gasteiger partial charge is 0.493 e. The molecular weight excluding hydrogens is 282 g/mol. The predicted octanol–water partition coefficient (Wildman–Crippen LogP) is 4.55. The molecule has 7 heteroatoms. The quantitative estimate of drug-likeness (QED) is 0.757. The van der Waals surface area contributed by atoms with Crippen molar-refractivity contribution in [2.24, 2.45) is 10.2 Å². The fourth-order valence-electron chi connectivity index (χ4n) is 1.61. The van der Waals surface area contributed by atoms with Crippen LogP contribution in [0, 0.1) is 0 Å². The first-order valence-corrected chi connectivity index (χ1v) is 6.29. The van der Waals surface area contributed by atoms with Crippen LogP contribution >= 0.6 is 11.6 Å². The summed E-state index contributed by atoms with van der Waals surface area (Å²) < 4.78 is 4.99. The van der Waals surface area contributed by atoms with E-state index in [1.54, 1.807) is 39.0 Å². The van der Waals surface area contributed by atoms with E-state index in [-0.39, 0.29) is 11.6 Å². The molecule has 6 nitrogen and oxygen atoms in total. The van der Waals surface area contributed by atoms with Gasteiger partial charge in [0.2, 0.25) is 5.88 Å². The third-order valence-corrected chi connectivity index (χ3v) is 2.57. The maximum absolute atomic E-state index is 11.5. The SMILES string of the molecule is CC(C)(C)OC(=O)N=Nc1c(O)[nH]c2ccc(Cl)cc12. The number of halogens is 1. The van der Waals surface area contributed by atoms with Crippen molar-refractivity contribution in [3.63, 3.8) is 0 Å². The van der Waals surface area contributed by atoms with Gasteiger partial charge in [0.15, 0.2) is 5.69 Å². The van der Waals surface area contributed by atoms with Gasteiger partial charge in [-0.15, -0.1) is 5.11 Å². The van der Waals surface area contributed by atoms with E-state index in [0.717, 1.165) is 0 Å². The fraction of sp³-hybridized carbons (Fsp3) is 0.308. The molecule has 2 rings (SSSR count). The Hall–Kier alpha value is -2.08. The minimum Gasteiger partial charge on any atom is -0.493 e. The molecule has 0 fully saturated rings. The van der Waals surface area contributed by atoms with Crippen LogP contribution in [0.2, 0.25) is 5.02 Å². The number of benzene rings is 1. The van der Waals surface area contributed by atoms with E-state index in [9.17, 15) is 9.90 Å². The molecule has 0 unspecified atom stereocenters. The second kappa shape index (κ2) is 5.13. The molecule has 0 spiro atoms. The number of nitrogens with one attached hydrogen (secondary N) is 1. The molecule has 0 bridgehead atoms. The topological polar surface area (TPSA) is 87.0 Å². The molecule has 20 heavy (non-hydrogen) atoms. The number of nitrogens with zero attached hydrogens (tertiary/aromatic N) is 2. The number of azo groups is 1. The van der Waals surface area contributed by atoms with E-state index in [2.05, 4.69) is 15.2 Å².